The van der Waals surface area contributed by atoms with Crippen molar-refractivity contribution in [1.82, 2.24) is 24.5 Å². The maximum Gasteiger partial charge on any atom is 0.259 e. The van der Waals surface area contributed by atoms with E-state index >= 15 is 0 Å². The summed E-state index contributed by atoms with van der Waals surface area (Å²) in [6.07, 6.45) is 3.61. The number of nitrogens with zero attached hydrogens (tertiary/aromatic N) is 5. The van der Waals surface area contributed by atoms with Gasteiger partial charge in [-0.15, -0.1) is 10.2 Å². The van der Waals surface area contributed by atoms with E-state index in [4.69, 9.17) is 9.47 Å². The molecule has 146 valence electrons. The molecule has 4 rings (SSSR count). The first-order valence-electron chi connectivity index (χ1n) is 8.73. The predicted octanol–water partition coefficient (Wildman–Crippen LogP) is 1.28. The quantitative estimate of drug-likeness (QED) is 0.682. The number of carbonyl (C=O) groups excluding carboxylic acids is 1. The Morgan fingerprint density at radius 3 is 3.11 bits per heavy atom. The molecule has 0 atom stereocenters. The standard InChI is InChI=1S/C18H19FN6O3/c1-24(2)16(26)9-28-15-8-21-18(25-10-22-23-17(15)25)20-7-12-11-5-6-27-14(11)4-3-13(12)19/h3-4,8,10H,5-7,9H2,1-2H3,(H,20,21). The number of ether oxygens (including phenoxy) is 2. The molecule has 0 bridgehead atoms. The van der Waals surface area contributed by atoms with Gasteiger partial charge in [-0.2, -0.15) is 0 Å². The summed E-state index contributed by atoms with van der Waals surface area (Å²) in [5, 5.41) is 11.0. The minimum Gasteiger partial charge on any atom is -0.493 e. The average molecular weight is 386 g/mol. The lowest BCUT2D eigenvalue weighted by Gasteiger charge is -2.14. The highest BCUT2D eigenvalue weighted by Crippen LogP contribution is 2.30. The molecule has 0 saturated carbocycles. The van der Waals surface area contributed by atoms with E-state index in [-0.39, 0.29) is 24.9 Å². The van der Waals surface area contributed by atoms with Gasteiger partial charge in [0.05, 0.1) is 12.8 Å². The molecule has 0 radical (unpaired) electrons. The zero-order chi connectivity index (χ0) is 19.7. The number of hydrogen-bond acceptors (Lipinski definition) is 7. The molecule has 0 spiro atoms. The van der Waals surface area contributed by atoms with Crippen LogP contribution in [0.2, 0.25) is 0 Å². The first-order valence-corrected chi connectivity index (χ1v) is 8.73. The number of nitrogens with one attached hydrogen (secondary N) is 1. The van der Waals surface area contributed by atoms with Gasteiger partial charge in [-0.25, -0.2) is 13.8 Å². The number of benzene rings is 1. The molecule has 1 aromatic carbocycles. The van der Waals surface area contributed by atoms with Crippen molar-refractivity contribution in [3.05, 3.63) is 41.6 Å². The van der Waals surface area contributed by atoms with Gasteiger partial charge in [-0.3, -0.25) is 4.79 Å². The van der Waals surface area contributed by atoms with Gasteiger partial charge in [0.2, 0.25) is 11.6 Å². The predicted molar refractivity (Wildman–Crippen MR) is 97.9 cm³/mol. The topological polar surface area (TPSA) is 93.9 Å². The number of carbonyl (C=O) groups is 1. The summed E-state index contributed by atoms with van der Waals surface area (Å²) in [7, 11) is 3.29. The molecule has 1 aliphatic rings. The van der Waals surface area contributed by atoms with Crippen LogP contribution in [-0.2, 0) is 17.8 Å². The second-order valence-corrected chi connectivity index (χ2v) is 6.50. The Morgan fingerprint density at radius 2 is 2.29 bits per heavy atom. The van der Waals surface area contributed by atoms with Crippen LogP contribution in [0, 0.1) is 5.82 Å². The van der Waals surface area contributed by atoms with E-state index in [2.05, 4.69) is 20.5 Å². The number of rotatable bonds is 6. The number of hydrogen-bond donors (Lipinski definition) is 1. The second-order valence-electron chi connectivity index (χ2n) is 6.50. The van der Waals surface area contributed by atoms with Gasteiger partial charge < -0.3 is 19.7 Å². The minimum atomic E-state index is -0.293. The Kier molecular flexibility index (Phi) is 4.68. The summed E-state index contributed by atoms with van der Waals surface area (Å²) in [5.74, 6) is 1.00. The molecule has 10 heteroatoms. The molecule has 1 amide bonds. The Balaban J connectivity index is 1.55. The smallest absolute Gasteiger partial charge is 0.259 e. The average Bonchev–Trinajstić information content (AvgIpc) is 3.35. The van der Waals surface area contributed by atoms with E-state index in [1.807, 2.05) is 0 Å². The largest absolute Gasteiger partial charge is 0.493 e. The number of anilines is 1. The van der Waals surface area contributed by atoms with Crippen molar-refractivity contribution < 1.29 is 18.7 Å². The van der Waals surface area contributed by atoms with Crippen molar-refractivity contribution in [1.29, 1.82) is 0 Å². The summed E-state index contributed by atoms with van der Waals surface area (Å²) >= 11 is 0. The van der Waals surface area contributed by atoms with Crippen molar-refractivity contribution >= 4 is 17.5 Å². The van der Waals surface area contributed by atoms with Crippen molar-refractivity contribution in [2.24, 2.45) is 0 Å². The van der Waals surface area contributed by atoms with Crippen LogP contribution in [0.5, 0.6) is 11.5 Å². The lowest BCUT2D eigenvalue weighted by Crippen LogP contribution is -2.27. The van der Waals surface area contributed by atoms with Crippen molar-refractivity contribution in [2.75, 3.05) is 32.6 Å². The number of likely N-dealkylation sites (N-methyl/N-ethyl adjacent to an activating group) is 1. The van der Waals surface area contributed by atoms with Crippen LogP contribution < -0.4 is 14.8 Å². The van der Waals surface area contributed by atoms with E-state index in [9.17, 15) is 9.18 Å². The summed E-state index contributed by atoms with van der Waals surface area (Å²) in [5.41, 5.74) is 1.83. The summed E-state index contributed by atoms with van der Waals surface area (Å²) in [6.45, 7) is 0.654. The molecule has 28 heavy (non-hydrogen) atoms. The molecular weight excluding hydrogens is 367 g/mol. The van der Waals surface area contributed by atoms with Crippen molar-refractivity contribution in [2.45, 2.75) is 13.0 Å². The molecule has 2 aromatic heterocycles. The van der Waals surface area contributed by atoms with E-state index in [0.29, 0.717) is 35.9 Å². The zero-order valence-electron chi connectivity index (χ0n) is 15.5. The van der Waals surface area contributed by atoms with Gasteiger partial charge in [0.1, 0.15) is 17.9 Å². The fraction of sp³-hybridized carbons (Fsp3) is 0.333. The van der Waals surface area contributed by atoms with E-state index in [0.717, 1.165) is 11.3 Å². The van der Waals surface area contributed by atoms with Gasteiger partial charge in [0, 0.05) is 38.2 Å². The highest BCUT2D eigenvalue weighted by atomic mass is 19.1. The first-order chi connectivity index (χ1) is 13.5. The normalized spacial score (nSPS) is 12.5. The van der Waals surface area contributed by atoms with E-state index < -0.39 is 0 Å². The van der Waals surface area contributed by atoms with Crippen LogP contribution >= 0.6 is 0 Å². The Morgan fingerprint density at radius 1 is 1.43 bits per heavy atom. The fourth-order valence-electron chi connectivity index (χ4n) is 2.97. The molecule has 9 nitrogen and oxygen atoms in total. The SMILES string of the molecule is CN(C)C(=O)COc1cnc(NCc2c(F)ccc3c2CCO3)n2cnnc12. The van der Waals surface area contributed by atoms with Gasteiger partial charge >= 0.3 is 0 Å². The number of fused-ring (bicyclic) bond motifs is 2. The Labute approximate surface area is 160 Å². The summed E-state index contributed by atoms with van der Waals surface area (Å²) < 4.78 is 26.9. The van der Waals surface area contributed by atoms with Gasteiger partial charge in [-0.05, 0) is 12.1 Å². The first kappa shape index (κ1) is 18.0. The van der Waals surface area contributed by atoms with E-state index in [1.165, 1.54) is 23.5 Å². The third-order valence-corrected chi connectivity index (χ3v) is 4.51. The van der Waals surface area contributed by atoms with Crippen LogP contribution in [-0.4, -0.2) is 57.7 Å². The van der Waals surface area contributed by atoms with Gasteiger partial charge in [0.25, 0.3) is 5.91 Å². The van der Waals surface area contributed by atoms with Gasteiger partial charge in [-0.1, -0.05) is 0 Å². The van der Waals surface area contributed by atoms with Gasteiger partial charge in [0.15, 0.2) is 12.4 Å². The van der Waals surface area contributed by atoms with Crippen LogP contribution in [0.25, 0.3) is 5.65 Å². The second kappa shape index (κ2) is 7.29. The van der Waals surface area contributed by atoms with Crippen molar-refractivity contribution in [3.8, 4) is 11.5 Å². The Hall–Kier alpha value is -3.43. The molecule has 3 aromatic rings. The lowest BCUT2D eigenvalue weighted by atomic mass is 10.0. The molecule has 0 aliphatic carbocycles. The highest BCUT2D eigenvalue weighted by molar-refractivity contribution is 5.77. The third kappa shape index (κ3) is 3.28. The maximum atomic E-state index is 14.3. The van der Waals surface area contributed by atoms with Crippen LogP contribution in [0.4, 0.5) is 10.3 Å². The van der Waals surface area contributed by atoms with E-state index in [1.54, 1.807) is 24.6 Å². The number of aromatic nitrogens is 4. The summed E-state index contributed by atoms with van der Waals surface area (Å²) in [6, 6.07) is 3.06. The van der Waals surface area contributed by atoms with Crippen LogP contribution in [0.15, 0.2) is 24.7 Å². The van der Waals surface area contributed by atoms with Crippen molar-refractivity contribution in [3.63, 3.8) is 0 Å². The molecule has 0 unspecified atom stereocenters. The number of amides is 1. The Bertz CT molecular complexity index is 1040. The molecular formula is C18H19FN6O3. The highest BCUT2D eigenvalue weighted by Gasteiger charge is 2.20. The minimum absolute atomic E-state index is 0.134. The monoisotopic (exact) mass is 386 g/mol. The maximum absolute atomic E-state index is 14.3. The zero-order valence-corrected chi connectivity index (χ0v) is 15.5. The molecule has 1 N–H and O–H groups in total. The van der Waals surface area contributed by atoms with Crippen LogP contribution in [0.3, 0.4) is 0 Å². The number of halogens is 1. The molecule has 3 heterocycles. The molecule has 0 fully saturated rings. The summed E-state index contributed by atoms with van der Waals surface area (Å²) in [4.78, 5) is 17.5. The van der Waals surface area contributed by atoms with Crippen LogP contribution in [0.1, 0.15) is 11.1 Å². The molecule has 0 saturated heterocycles. The lowest BCUT2D eigenvalue weighted by molar-refractivity contribution is -0.130. The molecule has 1 aliphatic heterocycles. The third-order valence-electron chi connectivity index (χ3n) is 4.51. The fourth-order valence-corrected chi connectivity index (χ4v) is 2.97.